The van der Waals surface area contributed by atoms with Crippen LogP contribution in [0.25, 0.3) is 0 Å². The van der Waals surface area contributed by atoms with E-state index in [1.165, 1.54) is 0 Å². The highest BCUT2D eigenvalue weighted by Gasteiger charge is 2.20. The maximum Gasteiger partial charge on any atom is 0.340 e. The molecule has 0 aliphatic heterocycles. The first kappa shape index (κ1) is 12.6. The van der Waals surface area contributed by atoms with Gasteiger partial charge in [0.15, 0.2) is 0 Å². The van der Waals surface area contributed by atoms with Gasteiger partial charge in [-0.2, -0.15) is 0 Å². The summed E-state index contributed by atoms with van der Waals surface area (Å²) in [4.78, 5) is 11.8. The molecule has 88 valence electrons. The van der Waals surface area contributed by atoms with E-state index >= 15 is 0 Å². The molecule has 0 aliphatic carbocycles. The van der Waals surface area contributed by atoms with Crippen LogP contribution in [0.3, 0.4) is 0 Å². The van der Waals surface area contributed by atoms with Crippen LogP contribution in [0.1, 0.15) is 42.3 Å². The van der Waals surface area contributed by atoms with Gasteiger partial charge in [-0.25, -0.2) is 4.79 Å². The first-order valence-electron chi connectivity index (χ1n) is 5.31. The third-order valence-electron chi connectivity index (χ3n) is 2.40. The average molecular weight is 221 g/mol. The lowest BCUT2D eigenvalue weighted by atomic mass is 10.0. The highest BCUT2D eigenvalue weighted by atomic mass is 16.6. The Morgan fingerprint density at radius 2 is 1.81 bits per heavy atom. The third-order valence-corrected chi connectivity index (χ3v) is 2.40. The van der Waals surface area contributed by atoms with Gasteiger partial charge in [-0.05, 0) is 51.8 Å². The number of carbonyl (C=O) groups is 1. The van der Waals surface area contributed by atoms with Crippen molar-refractivity contribution in [2.45, 2.75) is 40.2 Å². The SMILES string of the molecule is Cc1ccc(C(=O)OC(C)(C)C)c(N)c1C. The molecule has 16 heavy (non-hydrogen) atoms. The van der Waals surface area contributed by atoms with Gasteiger partial charge in [0, 0.05) is 5.69 Å². The van der Waals surface area contributed by atoms with Crippen LogP contribution in [0.15, 0.2) is 12.1 Å². The molecule has 1 aromatic carbocycles. The average Bonchev–Trinajstić information content (AvgIpc) is 2.11. The van der Waals surface area contributed by atoms with Crippen molar-refractivity contribution in [1.82, 2.24) is 0 Å². The number of benzene rings is 1. The lowest BCUT2D eigenvalue weighted by Gasteiger charge is -2.20. The van der Waals surface area contributed by atoms with Crippen LogP contribution in [0.4, 0.5) is 5.69 Å². The molecule has 0 fully saturated rings. The Balaban J connectivity index is 3.06. The second-order valence-corrected chi connectivity index (χ2v) is 4.97. The van der Waals surface area contributed by atoms with Gasteiger partial charge in [-0.3, -0.25) is 0 Å². The second-order valence-electron chi connectivity index (χ2n) is 4.97. The molecule has 0 saturated heterocycles. The van der Waals surface area contributed by atoms with E-state index in [2.05, 4.69) is 0 Å². The van der Waals surface area contributed by atoms with E-state index in [0.29, 0.717) is 11.3 Å². The van der Waals surface area contributed by atoms with Crippen LogP contribution in [-0.4, -0.2) is 11.6 Å². The van der Waals surface area contributed by atoms with Crippen LogP contribution in [0.5, 0.6) is 0 Å². The van der Waals surface area contributed by atoms with Gasteiger partial charge in [0.25, 0.3) is 0 Å². The molecule has 0 aliphatic rings. The van der Waals surface area contributed by atoms with Crippen molar-refractivity contribution in [3.63, 3.8) is 0 Å². The fourth-order valence-electron chi connectivity index (χ4n) is 1.35. The molecule has 0 unspecified atom stereocenters. The highest BCUT2D eigenvalue weighted by Crippen LogP contribution is 2.22. The second kappa shape index (κ2) is 4.16. The summed E-state index contributed by atoms with van der Waals surface area (Å²) >= 11 is 0. The molecule has 0 atom stereocenters. The first-order chi connectivity index (χ1) is 7.22. The smallest absolute Gasteiger partial charge is 0.340 e. The van der Waals surface area contributed by atoms with E-state index in [0.717, 1.165) is 11.1 Å². The number of nitrogens with two attached hydrogens (primary N) is 1. The summed E-state index contributed by atoms with van der Waals surface area (Å²) < 4.78 is 5.28. The summed E-state index contributed by atoms with van der Waals surface area (Å²) in [5.41, 5.74) is 8.36. The van der Waals surface area contributed by atoms with Crippen LogP contribution >= 0.6 is 0 Å². The van der Waals surface area contributed by atoms with E-state index in [-0.39, 0.29) is 5.97 Å². The summed E-state index contributed by atoms with van der Waals surface area (Å²) in [6.07, 6.45) is 0. The fraction of sp³-hybridized carbons (Fsp3) is 0.462. The molecule has 0 bridgehead atoms. The Labute approximate surface area is 96.6 Å². The minimum atomic E-state index is -0.498. The van der Waals surface area contributed by atoms with Gasteiger partial charge in [0.1, 0.15) is 5.60 Å². The van der Waals surface area contributed by atoms with Crippen molar-refractivity contribution in [3.05, 3.63) is 28.8 Å². The fourth-order valence-corrected chi connectivity index (χ4v) is 1.35. The number of aryl methyl sites for hydroxylation is 1. The van der Waals surface area contributed by atoms with Crippen molar-refractivity contribution in [2.24, 2.45) is 0 Å². The van der Waals surface area contributed by atoms with Crippen molar-refractivity contribution in [2.75, 3.05) is 5.73 Å². The molecule has 1 rings (SSSR count). The zero-order chi connectivity index (χ0) is 12.5. The molecule has 1 aromatic rings. The molecule has 0 heterocycles. The van der Waals surface area contributed by atoms with Gasteiger partial charge in [0.2, 0.25) is 0 Å². The Hall–Kier alpha value is -1.51. The Kier molecular flexibility index (Phi) is 3.27. The topological polar surface area (TPSA) is 52.3 Å². The quantitative estimate of drug-likeness (QED) is 0.586. The molecule has 0 radical (unpaired) electrons. The van der Waals surface area contributed by atoms with E-state index in [4.69, 9.17) is 10.5 Å². The Morgan fingerprint density at radius 3 is 2.31 bits per heavy atom. The van der Waals surface area contributed by atoms with Gasteiger partial charge in [-0.15, -0.1) is 0 Å². The third kappa shape index (κ3) is 2.75. The Morgan fingerprint density at radius 1 is 1.25 bits per heavy atom. The Bertz CT molecular complexity index is 417. The van der Waals surface area contributed by atoms with E-state index < -0.39 is 5.60 Å². The number of esters is 1. The largest absolute Gasteiger partial charge is 0.456 e. The predicted octanol–water partition coefficient (Wildman–Crippen LogP) is 2.84. The lowest BCUT2D eigenvalue weighted by molar-refractivity contribution is 0.00707. The van der Waals surface area contributed by atoms with Gasteiger partial charge < -0.3 is 10.5 Å². The van der Waals surface area contributed by atoms with E-state index in [9.17, 15) is 4.79 Å². The highest BCUT2D eigenvalue weighted by molar-refractivity contribution is 5.96. The van der Waals surface area contributed by atoms with E-state index in [1.54, 1.807) is 6.07 Å². The minimum Gasteiger partial charge on any atom is -0.456 e. The number of anilines is 1. The van der Waals surface area contributed by atoms with Crippen LogP contribution in [-0.2, 0) is 4.74 Å². The summed E-state index contributed by atoms with van der Waals surface area (Å²) in [6.45, 7) is 9.37. The summed E-state index contributed by atoms with van der Waals surface area (Å²) in [5.74, 6) is -0.367. The zero-order valence-electron chi connectivity index (χ0n) is 10.5. The molecule has 3 heteroatoms. The van der Waals surface area contributed by atoms with Crippen molar-refractivity contribution in [3.8, 4) is 0 Å². The van der Waals surface area contributed by atoms with Gasteiger partial charge in [0.05, 0.1) is 5.56 Å². The normalized spacial score (nSPS) is 11.3. The number of carbonyl (C=O) groups excluding carboxylic acids is 1. The molecular formula is C13H19NO2. The summed E-state index contributed by atoms with van der Waals surface area (Å²) in [5, 5.41) is 0. The lowest BCUT2D eigenvalue weighted by Crippen LogP contribution is -2.24. The maximum absolute atomic E-state index is 11.8. The monoisotopic (exact) mass is 221 g/mol. The summed E-state index contributed by atoms with van der Waals surface area (Å²) in [6, 6.07) is 3.59. The number of nitrogen functional groups attached to an aromatic ring is 1. The zero-order valence-corrected chi connectivity index (χ0v) is 10.5. The molecule has 0 amide bonds. The number of ether oxygens (including phenoxy) is 1. The number of hydrogen-bond acceptors (Lipinski definition) is 3. The van der Waals surface area contributed by atoms with E-state index in [1.807, 2.05) is 40.7 Å². The molecule has 0 aromatic heterocycles. The van der Waals surface area contributed by atoms with Crippen molar-refractivity contribution < 1.29 is 9.53 Å². The standard InChI is InChI=1S/C13H19NO2/c1-8-6-7-10(11(14)9(8)2)12(15)16-13(3,4)5/h6-7H,14H2,1-5H3. The number of hydrogen-bond donors (Lipinski definition) is 1. The van der Waals surface area contributed by atoms with Crippen molar-refractivity contribution >= 4 is 11.7 Å². The molecule has 0 spiro atoms. The minimum absolute atomic E-state index is 0.367. The number of rotatable bonds is 1. The molecule has 0 saturated carbocycles. The predicted molar refractivity (Wildman–Crippen MR) is 65.5 cm³/mol. The van der Waals surface area contributed by atoms with Crippen LogP contribution < -0.4 is 5.73 Å². The first-order valence-corrected chi connectivity index (χ1v) is 5.31. The summed E-state index contributed by atoms with van der Waals surface area (Å²) in [7, 11) is 0. The van der Waals surface area contributed by atoms with Crippen LogP contribution in [0, 0.1) is 13.8 Å². The maximum atomic E-state index is 11.8. The molecular weight excluding hydrogens is 202 g/mol. The van der Waals surface area contributed by atoms with Gasteiger partial charge >= 0.3 is 5.97 Å². The molecule has 2 N–H and O–H groups in total. The van der Waals surface area contributed by atoms with Crippen LogP contribution in [0.2, 0.25) is 0 Å². The molecule has 3 nitrogen and oxygen atoms in total. The van der Waals surface area contributed by atoms with Crippen molar-refractivity contribution in [1.29, 1.82) is 0 Å². The van der Waals surface area contributed by atoms with Gasteiger partial charge in [-0.1, -0.05) is 6.07 Å².